The van der Waals surface area contributed by atoms with E-state index in [1.807, 2.05) is 66.1 Å². The van der Waals surface area contributed by atoms with Crippen molar-refractivity contribution in [3.63, 3.8) is 0 Å². The van der Waals surface area contributed by atoms with Gasteiger partial charge in [-0.25, -0.2) is 0 Å². The van der Waals surface area contributed by atoms with Crippen LogP contribution in [0.3, 0.4) is 0 Å². The monoisotopic (exact) mass is 474 g/mol. The van der Waals surface area contributed by atoms with Gasteiger partial charge in [-0.1, -0.05) is 59.4 Å². The molecule has 0 unspecified atom stereocenters. The Balaban J connectivity index is 1.38. The van der Waals surface area contributed by atoms with Crippen molar-refractivity contribution >= 4 is 11.8 Å². The molecule has 2 aromatic carbocycles. The van der Waals surface area contributed by atoms with Crippen molar-refractivity contribution in [1.29, 1.82) is 0 Å². The van der Waals surface area contributed by atoms with Gasteiger partial charge in [0.15, 0.2) is 11.0 Å². The van der Waals surface area contributed by atoms with Crippen LogP contribution in [0.4, 0.5) is 0 Å². The van der Waals surface area contributed by atoms with E-state index in [2.05, 4.69) is 32.5 Å². The van der Waals surface area contributed by atoms with Gasteiger partial charge in [0.1, 0.15) is 22.8 Å². The summed E-state index contributed by atoms with van der Waals surface area (Å²) in [4.78, 5) is 0. The summed E-state index contributed by atoms with van der Waals surface area (Å²) in [5, 5.41) is 22.2. The minimum atomic E-state index is 0.375. The lowest BCUT2D eigenvalue weighted by Gasteiger charge is -2.09. The van der Waals surface area contributed by atoms with Crippen LogP contribution in [0.2, 0.25) is 0 Å². The number of hydrogen-bond donors (Lipinski definition) is 0. The predicted octanol–water partition coefficient (Wildman–Crippen LogP) is 5.28. The summed E-state index contributed by atoms with van der Waals surface area (Å²) in [6.45, 7) is 4.59. The quantitative estimate of drug-likeness (QED) is 0.278. The van der Waals surface area contributed by atoms with Crippen LogP contribution < -0.4 is 4.74 Å². The van der Waals surface area contributed by atoms with Gasteiger partial charge in [0.2, 0.25) is 5.89 Å². The van der Waals surface area contributed by atoms with Crippen molar-refractivity contribution in [2.75, 3.05) is 7.11 Å². The Morgan fingerprint density at radius 1 is 0.971 bits per heavy atom. The molecule has 5 rings (SSSR count). The minimum Gasteiger partial charge on any atom is -0.496 e. The van der Waals surface area contributed by atoms with E-state index in [0.29, 0.717) is 41.1 Å². The van der Waals surface area contributed by atoms with Gasteiger partial charge in [-0.15, -0.1) is 20.4 Å². The maximum Gasteiger partial charge on any atom is 0.253 e. The maximum absolute atomic E-state index is 5.97. The summed E-state index contributed by atoms with van der Waals surface area (Å²) in [7, 11) is 1.65. The fourth-order valence-electron chi connectivity index (χ4n) is 3.67. The minimum absolute atomic E-state index is 0.375. The molecule has 0 fully saturated rings. The molecule has 0 saturated heterocycles. The Morgan fingerprint density at radius 3 is 2.56 bits per heavy atom. The van der Waals surface area contributed by atoms with Crippen molar-refractivity contribution in [3.8, 4) is 39.8 Å². The first-order valence-electron chi connectivity index (χ1n) is 10.7. The molecule has 5 aromatic rings. The fraction of sp³-hybridized carbons (Fsp3) is 0.208. The second kappa shape index (κ2) is 9.52. The first-order valence-corrected chi connectivity index (χ1v) is 11.7. The van der Waals surface area contributed by atoms with Gasteiger partial charge in [0.25, 0.3) is 5.89 Å². The SMILES string of the molecule is CCn1c(SCc2nnc(-c3c(-c4ccccc4)noc3C)o2)nnc1-c1ccccc1OC. The Morgan fingerprint density at radius 2 is 1.76 bits per heavy atom. The number of para-hydroxylation sites is 1. The highest BCUT2D eigenvalue weighted by molar-refractivity contribution is 7.98. The molecule has 10 heteroatoms. The van der Waals surface area contributed by atoms with Gasteiger partial charge >= 0.3 is 0 Å². The summed E-state index contributed by atoms with van der Waals surface area (Å²) in [6, 6.07) is 17.5. The third kappa shape index (κ3) is 4.08. The Bertz CT molecular complexity index is 1410. The lowest BCUT2D eigenvalue weighted by Crippen LogP contribution is -2.01. The molecule has 0 atom stereocenters. The first-order chi connectivity index (χ1) is 16.7. The number of aromatic nitrogens is 6. The normalized spacial score (nSPS) is 11.1. The second-order valence-corrected chi connectivity index (χ2v) is 8.31. The van der Waals surface area contributed by atoms with E-state index in [0.717, 1.165) is 27.9 Å². The molecule has 3 heterocycles. The summed E-state index contributed by atoms with van der Waals surface area (Å²) in [5.74, 6) is 3.42. The molecule has 3 aromatic heterocycles. The molecule has 34 heavy (non-hydrogen) atoms. The standard InChI is InChI=1S/C24H22N6O3S/c1-4-30-22(17-12-8-9-13-18(17)31-3)26-28-24(30)34-14-19-25-27-23(32-19)20-15(2)33-29-21(20)16-10-6-5-7-11-16/h5-13H,4,14H2,1-3H3. The van der Waals surface area contributed by atoms with E-state index in [1.165, 1.54) is 11.8 Å². The largest absolute Gasteiger partial charge is 0.496 e. The van der Waals surface area contributed by atoms with Crippen LogP contribution in [0.15, 0.2) is 68.7 Å². The van der Waals surface area contributed by atoms with Gasteiger partial charge in [0, 0.05) is 12.1 Å². The summed E-state index contributed by atoms with van der Waals surface area (Å²) >= 11 is 1.48. The van der Waals surface area contributed by atoms with Crippen molar-refractivity contribution in [2.24, 2.45) is 0 Å². The van der Waals surface area contributed by atoms with E-state index in [9.17, 15) is 0 Å². The Labute approximate surface area is 200 Å². The van der Waals surface area contributed by atoms with Crippen LogP contribution in [0.5, 0.6) is 5.75 Å². The van der Waals surface area contributed by atoms with Gasteiger partial charge in [0.05, 0.1) is 18.4 Å². The molecule has 0 saturated carbocycles. The number of methoxy groups -OCH3 is 1. The molecule has 0 radical (unpaired) electrons. The summed E-state index contributed by atoms with van der Waals surface area (Å²) in [6.07, 6.45) is 0. The Hall–Kier alpha value is -3.92. The molecule has 0 aliphatic carbocycles. The highest BCUT2D eigenvalue weighted by atomic mass is 32.2. The van der Waals surface area contributed by atoms with Gasteiger partial charge in [-0.2, -0.15) is 0 Å². The second-order valence-electron chi connectivity index (χ2n) is 7.37. The van der Waals surface area contributed by atoms with E-state index >= 15 is 0 Å². The zero-order valence-corrected chi connectivity index (χ0v) is 19.7. The number of benzene rings is 2. The molecule has 0 N–H and O–H groups in total. The zero-order valence-electron chi connectivity index (χ0n) is 18.9. The van der Waals surface area contributed by atoms with Crippen LogP contribution in [0.1, 0.15) is 18.6 Å². The number of hydrogen-bond acceptors (Lipinski definition) is 9. The molecular formula is C24H22N6O3S. The smallest absolute Gasteiger partial charge is 0.253 e. The van der Waals surface area contributed by atoms with E-state index in [4.69, 9.17) is 13.7 Å². The molecule has 0 aliphatic heterocycles. The topological polar surface area (TPSA) is 105 Å². The van der Waals surface area contributed by atoms with Gasteiger partial charge in [-0.05, 0) is 26.0 Å². The van der Waals surface area contributed by atoms with Crippen LogP contribution in [0.25, 0.3) is 34.1 Å². The van der Waals surface area contributed by atoms with Crippen molar-refractivity contribution in [2.45, 2.75) is 31.3 Å². The van der Waals surface area contributed by atoms with Crippen LogP contribution in [-0.4, -0.2) is 37.2 Å². The van der Waals surface area contributed by atoms with Gasteiger partial charge in [-0.3, -0.25) is 0 Å². The van der Waals surface area contributed by atoms with Crippen LogP contribution in [0, 0.1) is 6.92 Å². The van der Waals surface area contributed by atoms with Crippen LogP contribution >= 0.6 is 11.8 Å². The van der Waals surface area contributed by atoms with E-state index in [-0.39, 0.29) is 0 Å². The van der Waals surface area contributed by atoms with Crippen molar-refractivity contribution in [3.05, 3.63) is 66.2 Å². The lowest BCUT2D eigenvalue weighted by atomic mass is 10.1. The van der Waals surface area contributed by atoms with Crippen molar-refractivity contribution in [1.82, 2.24) is 30.1 Å². The number of nitrogens with zero attached hydrogens (tertiary/aromatic N) is 6. The summed E-state index contributed by atoms with van der Waals surface area (Å²) in [5.41, 5.74) is 3.18. The lowest BCUT2D eigenvalue weighted by molar-refractivity contribution is 0.399. The average Bonchev–Trinajstić information content (AvgIpc) is 3.61. The molecule has 0 amide bonds. The number of thioether (sulfide) groups is 1. The first kappa shape index (κ1) is 21.9. The third-order valence-electron chi connectivity index (χ3n) is 5.30. The van der Waals surface area contributed by atoms with Gasteiger partial charge < -0.3 is 18.2 Å². The van der Waals surface area contributed by atoms with E-state index < -0.39 is 0 Å². The van der Waals surface area contributed by atoms with E-state index in [1.54, 1.807) is 7.11 Å². The highest BCUT2D eigenvalue weighted by Crippen LogP contribution is 2.35. The fourth-order valence-corrected chi connectivity index (χ4v) is 4.50. The highest BCUT2D eigenvalue weighted by Gasteiger charge is 2.22. The number of ether oxygens (including phenoxy) is 1. The number of rotatable bonds is 8. The molecule has 0 bridgehead atoms. The maximum atomic E-state index is 5.97. The van der Waals surface area contributed by atoms with Crippen LogP contribution in [-0.2, 0) is 12.3 Å². The van der Waals surface area contributed by atoms with Crippen molar-refractivity contribution < 1.29 is 13.7 Å². The third-order valence-corrected chi connectivity index (χ3v) is 6.25. The summed E-state index contributed by atoms with van der Waals surface area (Å²) < 4.78 is 18.9. The molecular weight excluding hydrogens is 452 g/mol. The number of aryl methyl sites for hydroxylation is 1. The predicted molar refractivity (Wildman–Crippen MR) is 127 cm³/mol. The molecule has 9 nitrogen and oxygen atoms in total. The molecule has 172 valence electrons. The molecule has 0 aliphatic rings. The Kier molecular flexibility index (Phi) is 6.13. The zero-order chi connectivity index (χ0) is 23.5. The average molecular weight is 475 g/mol. The molecule has 0 spiro atoms.